The van der Waals surface area contributed by atoms with E-state index in [2.05, 4.69) is 46.9 Å². The number of hydrogen-bond donors (Lipinski definition) is 2. The molecule has 16 heavy (non-hydrogen) atoms. The van der Waals surface area contributed by atoms with Crippen molar-refractivity contribution in [1.29, 1.82) is 0 Å². The van der Waals surface area contributed by atoms with E-state index in [0.29, 0.717) is 18.4 Å². The molecule has 0 saturated heterocycles. The Morgan fingerprint density at radius 1 is 1.25 bits per heavy atom. The Morgan fingerprint density at radius 3 is 2.12 bits per heavy atom. The molecular weight excluding hydrogens is 200 g/mol. The van der Waals surface area contributed by atoms with Crippen LogP contribution in [0.2, 0.25) is 0 Å². The normalized spacial score (nSPS) is 16.0. The van der Waals surface area contributed by atoms with Crippen molar-refractivity contribution < 1.29 is 4.79 Å². The first-order chi connectivity index (χ1) is 7.14. The number of carbonyl (C=O) groups is 1. The van der Waals surface area contributed by atoms with Gasteiger partial charge in [0.1, 0.15) is 0 Å². The molecule has 1 amide bonds. The zero-order valence-electron chi connectivity index (χ0n) is 11.6. The molecule has 0 aromatic heterocycles. The van der Waals surface area contributed by atoms with E-state index in [1.54, 1.807) is 0 Å². The monoisotopic (exact) mass is 228 g/mol. The van der Waals surface area contributed by atoms with Crippen LogP contribution in [-0.2, 0) is 4.79 Å². The first-order valence-electron chi connectivity index (χ1n) is 6.18. The van der Waals surface area contributed by atoms with Gasteiger partial charge in [-0.3, -0.25) is 4.79 Å². The first-order valence-corrected chi connectivity index (χ1v) is 6.18. The summed E-state index contributed by atoms with van der Waals surface area (Å²) in [5.74, 6) is 0.883. The Balaban J connectivity index is 3.98. The van der Waals surface area contributed by atoms with E-state index in [4.69, 9.17) is 5.73 Å². The van der Waals surface area contributed by atoms with Crippen LogP contribution in [0.4, 0.5) is 0 Å². The minimum Gasteiger partial charge on any atom is -0.354 e. The molecule has 0 aliphatic carbocycles. The Hall–Kier alpha value is -0.570. The summed E-state index contributed by atoms with van der Waals surface area (Å²) >= 11 is 0. The van der Waals surface area contributed by atoms with Gasteiger partial charge in [-0.2, -0.15) is 0 Å². The molecule has 0 heterocycles. The Bertz CT molecular complexity index is 218. The maximum atomic E-state index is 11.7. The maximum absolute atomic E-state index is 11.7. The number of hydrogen-bond acceptors (Lipinski definition) is 2. The predicted octanol–water partition coefficient (Wildman–Crippen LogP) is 2.16. The summed E-state index contributed by atoms with van der Waals surface area (Å²) in [4.78, 5) is 11.7. The van der Waals surface area contributed by atoms with Crippen LogP contribution < -0.4 is 11.1 Å². The fourth-order valence-electron chi connectivity index (χ4n) is 1.31. The van der Waals surface area contributed by atoms with Gasteiger partial charge in [0, 0.05) is 6.54 Å². The third-order valence-electron chi connectivity index (χ3n) is 3.12. The molecule has 0 aromatic carbocycles. The standard InChI is InChI=1S/C13H28N2O/c1-9(2)7-11(14)12(16)15-8-10(3)13(4,5)6/h9-11H,7-8,14H2,1-6H3,(H,15,16)/t10?,11-/m1/s1. The van der Waals surface area contributed by atoms with E-state index in [9.17, 15) is 4.79 Å². The fraction of sp³-hybridized carbons (Fsp3) is 0.923. The highest BCUT2D eigenvalue weighted by Crippen LogP contribution is 2.24. The number of nitrogens with one attached hydrogen (secondary N) is 1. The number of nitrogens with two attached hydrogens (primary N) is 1. The summed E-state index contributed by atoms with van der Waals surface area (Å²) in [5, 5.41) is 2.93. The highest BCUT2D eigenvalue weighted by atomic mass is 16.2. The van der Waals surface area contributed by atoms with Crippen molar-refractivity contribution in [2.24, 2.45) is 23.0 Å². The lowest BCUT2D eigenvalue weighted by molar-refractivity contribution is -0.123. The Kier molecular flexibility index (Phi) is 6.01. The summed E-state index contributed by atoms with van der Waals surface area (Å²) in [6.07, 6.45) is 0.746. The number of rotatable bonds is 5. The molecule has 0 saturated carbocycles. The van der Waals surface area contributed by atoms with Gasteiger partial charge in [0.15, 0.2) is 0 Å². The smallest absolute Gasteiger partial charge is 0.236 e. The van der Waals surface area contributed by atoms with E-state index in [1.165, 1.54) is 0 Å². The molecule has 3 nitrogen and oxygen atoms in total. The van der Waals surface area contributed by atoms with Crippen LogP contribution in [0.1, 0.15) is 48.0 Å². The second kappa shape index (κ2) is 6.24. The Morgan fingerprint density at radius 2 is 1.75 bits per heavy atom. The molecule has 0 spiro atoms. The average Bonchev–Trinajstić information content (AvgIpc) is 2.10. The second-order valence-electron chi connectivity index (χ2n) is 6.25. The van der Waals surface area contributed by atoms with Gasteiger partial charge >= 0.3 is 0 Å². The predicted molar refractivity (Wildman–Crippen MR) is 69.1 cm³/mol. The first kappa shape index (κ1) is 15.4. The molecule has 0 bridgehead atoms. The Labute approximate surface area is 100 Å². The van der Waals surface area contributed by atoms with Crippen LogP contribution in [-0.4, -0.2) is 18.5 Å². The molecule has 1 unspecified atom stereocenters. The van der Waals surface area contributed by atoms with Crippen LogP contribution in [0.25, 0.3) is 0 Å². The highest BCUT2D eigenvalue weighted by molar-refractivity contribution is 5.81. The minimum atomic E-state index is -0.368. The van der Waals surface area contributed by atoms with Crippen molar-refractivity contribution in [3.8, 4) is 0 Å². The van der Waals surface area contributed by atoms with Gasteiger partial charge in [-0.15, -0.1) is 0 Å². The van der Waals surface area contributed by atoms with E-state index in [-0.39, 0.29) is 17.4 Å². The van der Waals surface area contributed by atoms with Crippen LogP contribution >= 0.6 is 0 Å². The highest BCUT2D eigenvalue weighted by Gasteiger charge is 2.21. The van der Waals surface area contributed by atoms with Gasteiger partial charge < -0.3 is 11.1 Å². The van der Waals surface area contributed by atoms with Crippen LogP contribution in [0.5, 0.6) is 0 Å². The minimum absolute atomic E-state index is 0.0233. The number of amides is 1. The van der Waals surface area contributed by atoms with Crippen molar-refractivity contribution in [3.05, 3.63) is 0 Å². The summed E-state index contributed by atoms with van der Waals surface area (Å²) in [6, 6.07) is -0.368. The molecule has 0 aliphatic heterocycles. The summed E-state index contributed by atoms with van der Waals surface area (Å²) in [6.45, 7) is 13.5. The second-order valence-corrected chi connectivity index (χ2v) is 6.25. The van der Waals surface area contributed by atoms with Crippen molar-refractivity contribution in [3.63, 3.8) is 0 Å². The van der Waals surface area contributed by atoms with Crippen LogP contribution in [0, 0.1) is 17.3 Å². The van der Waals surface area contributed by atoms with Crippen molar-refractivity contribution in [1.82, 2.24) is 5.32 Å². The molecule has 3 N–H and O–H groups in total. The molecule has 0 fully saturated rings. The summed E-state index contributed by atoms with van der Waals surface area (Å²) in [7, 11) is 0. The van der Waals surface area contributed by atoms with Crippen LogP contribution in [0.15, 0.2) is 0 Å². The topological polar surface area (TPSA) is 55.1 Å². The molecule has 0 rings (SSSR count). The molecule has 0 radical (unpaired) electrons. The lowest BCUT2D eigenvalue weighted by Gasteiger charge is -2.28. The van der Waals surface area contributed by atoms with E-state index < -0.39 is 0 Å². The van der Waals surface area contributed by atoms with Gasteiger partial charge in [0.25, 0.3) is 0 Å². The van der Waals surface area contributed by atoms with Crippen molar-refractivity contribution in [2.75, 3.05) is 6.54 Å². The quantitative estimate of drug-likeness (QED) is 0.757. The molecule has 3 heteroatoms. The molecular formula is C13H28N2O. The summed E-state index contributed by atoms with van der Waals surface area (Å²) in [5.41, 5.74) is 6.02. The average molecular weight is 228 g/mol. The van der Waals surface area contributed by atoms with Gasteiger partial charge in [-0.25, -0.2) is 0 Å². The van der Waals surface area contributed by atoms with E-state index in [0.717, 1.165) is 6.42 Å². The van der Waals surface area contributed by atoms with Gasteiger partial charge in [-0.1, -0.05) is 41.5 Å². The number of carbonyl (C=O) groups excluding carboxylic acids is 1. The largest absolute Gasteiger partial charge is 0.354 e. The molecule has 2 atom stereocenters. The third kappa shape index (κ3) is 6.11. The van der Waals surface area contributed by atoms with Crippen molar-refractivity contribution >= 4 is 5.91 Å². The molecule has 0 aliphatic rings. The third-order valence-corrected chi connectivity index (χ3v) is 3.12. The fourth-order valence-corrected chi connectivity index (χ4v) is 1.31. The van der Waals surface area contributed by atoms with Gasteiger partial charge in [0.05, 0.1) is 6.04 Å². The molecule has 0 aromatic rings. The van der Waals surface area contributed by atoms with Gasteiger partial charge in [-0.05, 0) is 23.7 Å². The lowest BCUT2D eigenvalue weighted by atomic mass is 9.82. The summed E-state index contributed by atoms with van der Waals surface area (Å²) < 4.78 is 0. The van der Waals surface area contributed by atoms with E-state index in [1.807, 2.05) is 0 Å². The zero-order chi connectivity index (χ0) is 12.9. The van der Waals surface area contributed by atoms with Crippen molar-refractivity contribution in [2.45, 2.75) is 54.0 Å². The zero-order valence-corrected chi connectivity index (χ0v) is 11.6. The van der Waals surface area contributed by atoms with Gasteiger partial charge in [0.2, 0.25) is 5.91 Å². The lowest BCUT2D eigenvalue weighted by Crippen LogP contribution is -2.44. The maximum Gasteiger partial charge on any atom is 0.236 e. The SMILES string of the molecule is CC(C)C[C@@H](N)C(=O)NCC(C)C(C)(C)C. The van der Waals surface area contributed by atoms with E-state index >= 15 is 0 Å². The molecule has 96 valence electrons. The van der Waals surface area contributed by atoms with Crippen LogP contribution in [0.3, 0.4) is 0 Å².